The number of anilines is 1. The standard InChI is InChI=1S/C18H16FN3O3/c1-24-15-6-5-12(19)9-16(15)25-14-7-11(8-14)18(23)22-17-4-2-3-13(10-20)21-17/h2-6,9,11,14H,7-8H2,1H3,(H,21,22,23). The molecule has 0 atom stereocenters. The summed E-state index contributed by atoms with van der Waals surface area (Å²) in [7, 11) is 1.49. The molecule has 1 fully saturated rings. The van der Waals surface area contributed by atoms with Gasteiger partial charge in [-0.25, -0.2) is 9.37 Å². The maximum atomic E-state index is 13.3. The van der Waals surface area contributed by atoms with E-state index in [2.05, 4.69) is 10.3 Å². The number of ether oxygens (including phenoxy) is 2. The summed E-state index contributed by atoms with van der Waals surface area (Å²) in [6, 6.07) is 10.8. The Hall–Kier alpha value is -3.14. The molecule has 0 unspecified atom stereocenters. The van der Waals surface area contributed by atoms with Crippen LogP contribution in [0.4, 0.5) is 10.2 Å². The molecule has 6 nitrogen and oxygen atoms in total. The van der Waals surface area contributed by atoms with Gasteiger partial charge in [-0.2, -0.15) is 5.26 Å². The highest BCUT2D eigenvalue weighted by molar-refractivity contribution is 5.92. The van der Waals surface area contributed by atoms with Gasteiger partial charge in [-0.05, 0) is 37.1 Å². The number of amides is 1. The van der Waals surface area contributed by atoms with Crippen LogP contribution < -0.4 is 14.8 Å². The number of hydrogen-bond acceptors (Lipinski definition) is 5. The Kier molecular flexibility index (Phi) is 4.80. The predicted molar refractivity (Wildman–Crippen MR) is 87.7 cm³/mol. The lowest BCUT2D eigenvalue weighted by Gasteiger charge is -2.34. The number of nitriles is 1. The maximum Gasteiger partial charge on any atom is 0.228 e. The summed E-state index contributed by atoms with van der Waals surface area (Å²) < 4.78 is 24.2. The fourth-order valence-corrected chi connectivity index (χ4v) is 2.59. The van der Waals surface area contributed by atoms with Gasteiger partial charge in [0.05, 0.1) is 7.11 Å². The average molecular weight is 341 g/mol. The summed E-state index contributed by atoms with van der Waals surface area (Å²) in [6.07, 6.45) is 0.859. The second-order valence-electron chi connectivity index (χ2n) is 5.71. The van der Waals surface area contributed by atoms with E-state index in [1.807, 2.05) is 6.07 Å². The van der Waals surface area contributed by atoms with Gasteiger partial charge in [0.15, 0.2) is 11.5 Å². The summed E-state index contributed by atoms with van der Waals surface area (Å²) in [5.41, 5.74) is 0.241. The van der Waals surface area contributed by atoms with Crippen molar-refractivity contribution < 1.29 is 18.7 Å². The number of aromatic nitrogens is 1. The fraction of sp³-hybridized carbons (Fsp3) is 0.278. The van der Waals surface area contributed by atoms with E-state index in [4.69, 9.17) is 14.7 Å². The number of benzene rings is 1. The molecule has 1 aromatic carbocycles. The molecule has 7 heteroatoms. The van der Waals surface area contributed by atoms with Crippen molar-refractivity contribution in [3.63, 3.8) is 0 Å². The Balaban J connectivity index is 1.55. The molecule has 0 radical (unpaired) electrons. The van der Waals surface area contributed by atoms with Crippen LogP contribution in [0.1, 0.15) is 18.5 Å². The van der Waals surface area contributed by atoms with E-state index >= 15 is 0 Å². The quantitative estimate of drug-likeness (QED) is 0.904. The van der Waals surface area contributed by atoms with Crippen molar-refractivity contribution in [1.82, 2.24) is 4.98 Å². The van der Waals surface area contributed by atoms with E-state index in [9.17, 15) is 9.18 Å². The third-order valence-electron chi connectivity index (χ3n) is 4.00. The summed E-state index contributed by atoms with van der Waals surface area (Å²) in [5.74, 6) is 0.334. The molecule has 0 spiro atoms. The highest BCUT2D eigenvalue weighted by Gasteiger charge is 2.36. The van der Waals surface area contributed by atoms with Crippen molar-refractivity contribution in [2.75, 3.05) is 12.4 Å². The molecular weight excluding hydrogens is 325 g/mol. The van der Waals surface area contributed by atoms with Gasteiger partial charge in [-0.1, -0.05) is 6.07 Å². The normalized spacial score (nSPS) is 18.6. The van der Waals surface area contributed by atoms with Crippen LogP contribution in [0.3, 0.4) is 0 Å². The summed E-state index contributed by atoms with van der Waals surface area (Å²) in [6.45, 7) is 0. The van der Waals surface area contributed by atoms with Gasteiger partial charge in [0.25, 0.3) is 0 Å². The zero-order chi connectivity index (χ0) is 17.8. The first-order chi connectivity index (χ1) is 12.1. The SMILES string of the molecule is COc1ccc(F)cc1OC1CC(C(=O)Nc2cccc(C#N)n2)C1. The molecule has 1 aromatic heterocycles. The Morgan fingerprint density at radius 2 is 2.12 bits per heavy atom. The van der Waals surface area contributed by atoms with Crippen molar-refractivity contribution >= 4 is 11.7 Å². The van der Waals surface area contributed by atoms with Crippen LogP contribution >= 0.6 is 0 Å². The first-order valence-electron chi connectivity index (χ1n) is 7.77. The fourth-order valence-electron chi connectivity index (χ4n) is 2.59. The lowest BCUT2D eigenvalue weighted by molar-refractivity contribution is -0.125. The highest BCUT2D eigenvalue weighted by Crippen LogP contribution is 2.36. The van der Waals surface area contributed by atoms with Crippen LogP contribution in [0.25, 0.3) is 0 Å². The molecule has 1 amide bonds. The molecule has 1 heterocycles. The zero-order valence-corrected chi connectivity index (χ0v) is 13.5. The smallest absolute Gasteiger partial charge is 0.228 e. The van der Waals surface area contributed by atoms with Gasteiger partial charge < -0.3 is 14.8 Å². The minimum Gasteiger partial charge on any atom is -0.493 e. The second-order valence-corrected chi connectivity index (χ2v) is 5.71. The molecule has 3 rings (SSSR count). The van der Waals surface area contributed by atoms with Gasteiger partial charge >= 0.3 is 0 Å². The molecule has 0 saturated heterocycles. The number of methoxy groups -OCH3 is 1. The molecule has 25 heavy (non-hydrogen) atoms. The van der Waals surface area contributed by atoms with Crippen LogP contribution in [0.5, 0.6) is 11.5 Å². The van der Waals surface area contributed by atoms with E-state index in [1.165, 1.54) is 25.3 Å². The van der Waals surface area contributed by atoms with Gasteiger partial charge in [0.1, 0.15) is 29.5 Å². The zero-order valence-electron chi connectivity index (χ0n) is 13.5. The first-order valence-corrected chi connectivity index (χ1v) is 7.77. The van der Waals surface area contributed by atoms with Crippen LogP contribution in [0.2, 0.25) is 0 Å². The average Bonchev–Trinajstić information content (AvgIpc) is 2.58. The van der Waals surface area contributed by atoms with Crippen molar-refractivity contribution in [2.45, 2.75) is 18.9 Å². The molecule has 1 saturated carbocycles. The second kappa shape index (κ2) is 7.18. The number of rotatable bonds is 5. The lowest BCUT2D eigenvalue weighted by atomic mass is 9.81. The number of nitrogens with one attached hydrogen (secondary N) is 1. The van der Waals surface area contributed by atoms with E-state index in [1.54, 1.807) is 18.2 Å². The molecule has 1 aliphatic carbocycles. The van der Waals surface area contributed by atoms with Crippen LogP contribution in [0.15, 0.2) is 36.4 Å². The Labute approximate surface area is 144 Å². The van der Waals surface area contributed by atoms with E-state index in [0.717, 1.165) is 0 Å². The molecule has 0 bridgehead atoms. The van der Waals surface area contributed by atoms with Crippen LogP contribution in [-0.2, 0) is 4.79 Å². The Morgan fingerprint density at radius 1 is 1.32 bits per heavy atom. The van der Waals surface area contributed by atoms with Crippen LogP contribution in [-0.4, -0.2) is 24.1 Å². The summed E-state index contributed by atoms with van der Waals surface area (Å²) in [4.78, 5) is 16.2. The van der Waals surface area contributed by atoms with Crippen LogP contribution in [0, 0.1) is 23.1 Å². The number of hydrogen-bond donors (Lipinski definition) is 1. The minimum atomic E-state index is -0.409. The third-order valence-corrected chi connectivity index (χ3v) is 4.00. The van der Waals surface area contributed by atoms with Gasteiger partial charge in [0.2, 0.25) is 5.91 Å². The Bertz CT molecular complexity index is 829. The van der Waals surface area contributed by atoms with E-state index in [0.29, 0.717) is 30.2 Å². The van der Waals surface area contributed by atoms with Crippen molar-refractivity contribution in [1.29, 1.82) is 5.26 Å². The molecule has 2 aromatic rings. The number of nitrogens with zero attached hydrogens (tertiary/aromatic N) is 2. The number of halogens is 1. The molecule has 1 N–H and O–H groups in total. The van der Waals surface area contributed by atoms with E-state index < -0.39 is 5.82 Å². The highest BCUT2D eigenvalue weighted by atomic mass is 19.1. The third kappa shape index (κ3) is 3.86. The number of pyridine rings is 1. The van der Waals surface area contributed by atoms with Crippen molar-refractivity contribution in [3.05, 3.63) is 47.9 Å². The topological polar surface area (TPSA) is 84.2 Å². The first kappa shape index (κ1) is 16.7. The molecule has 0 aliphatic heterocycles. The largest absolute Gasteiger partial charge is 0.493 e. The molecule has 1 aliphatic rings. The monoisotopic (exact) mass is 341 g/mol. The van der Waals surface area contributed by atoms with Crippen molar-refractivity contribution in [3.8, 4) is 17.6 Å². The number of carbonyl (C=O) groups excluding carboxylic acids is 1. The lowest BCUT2D eigenvalue weighted by Crippen LogP contribution is -2.41. The molecular formula is C18H16FN3O3. The number of carbonyl (C=O) groups is 1. The van der Waals surface area contributed by atoms with Gasteiger partial charge in [-0.3, -0.25) is 4.79 Å². The van der Waals surface area contributed by atoms with Crippen molar-refractivity contribution in [2.24, 2.45) is 5.92 Å². The van der Waals surface area contributed by atoms with Gasteiger partial charge in [0, 0.05) is 12.0 Å². The van der Waals surface area contributed by atoms with E-state index in [-0.39, 0.29) is 23.6 Å². The maximum absolute atomic E-state index is 13.3. The minimum absolute atomic E-state index is 0.173. The van der Waals surface area contributed by atoms with Gasteiger partial charge in [-0.15, -0.1) is 0 Å². The predicted octanol–water partition coefficient (Wildman–Crippen LogP) is 2.90. The summed E-state index contributed by atoms with van der Waals surface area (Å²) in [5, 5.41) is 11.5. The molecule has 128 valence electrons. The summed E-state index contributed by atoms with van der Waals surface area (Å²) >= 11 is 0. The Morgan fingerprint density at radius 3 is 2.84 bits per heavy atom.